The Kier molecular flexibility index (Phi) is 24.3. The van der Waals surface area contributed by atoms with Crippen LogP contribution in [-0.2, 0) is 14.3 Å². The first kappa shape index (κ1) is 40.0. The summed E-state index contributed by atoms with van der Waals surface area (Å²) in [5.74, 6) is -0.186. The second-order valence-electron chi connectivity index (χ2n) is 12.3. The van der Waals surface area contributed by atoms with Crippen molar-refractivity contribution in [3.05, 3.63) is 12.2 Å². The van der Waals surface area contributed by atoms with Gasteiger partial charge in [-0.1, -0.05) is 135 Å². The van der Waals surface area contributed by atoms with Crippen LogP contribution >= 0.6 is 0 Å². The van der Waals surface area contributed by atoms with Crippen molar-refractivity contribution >= 4 is 5.91 Å². The predicted octanol–water partition coefficient (Wildman–Crippen LogP) is 5.05. The summed E-state index contributed by atoms with van der Waals surface area (Å²) in [6, 6.07) is -0.793. The Morgan fingerprint density at radius 2 is 1.28 bits per heavy atom. The predicted molar refractivity (Wildman–Crippen MR) is 170 cm³/mol. The summed E-state index contributed by atoms with van der Waals surface area (Å²) in [6.45, 7) is 3.59. The largest absolute Gasteiger partial charge is 0.394 e. The third-order valence-corrected chi connectivity index (χ3v) is 8.36. The Morgan fingerprint density at radius 3 is 1.79 bits per heavy atom. The number of aliphatic hydroxyl groups excluding tert-OH is 5. The summed E-state index contributed by atoms with van der Waals surface area (Å²) in [6.07, 6.45) is 18.9. The van der Waals surface area contributed by atoms with Gasteiger partial charge in [0.05, 0.1) is 25.4 Å². The Labute approximate surface area is 261 Å². The summed E-state index contributed by atoms with van der Waals surface area (Å²) in [5.41, 5.74) is 0. The number of ether oxygens (including phenoxy) is 2. The van der Waals surface area contributed by atoms with Gasteiger partial charge >= 0.3 is 0 Å². The van der Waals surface area contributed by atoms with Crippen LogP contribution in [0.4, 0.5) is 0 Å². The normalized spacial score (nSPS) is 23.9. The van der Waals surface area contributed by atoms with Crippen molar-refractivity contribution < 1.29 is 39.8 Å². The fourth-order valence-corrected chi connectivity index (χ4v) is 5.43. The average Bonchev–Trinajstić information content (AvgIpc) is 3.00. The molecule has 1 rings (SSSR count). The van der Waals surface area contributed by atoms with Gasteiger partial charge in [-0.05, 0) is 12.8 Å². The number of unbranched alkanes of at least 4 members (excludes halogenated alkanes) is 17. The minimum Gasteiger partial charge on any atom is -0.394 e. The standard InChI is InChI=1S/C34H65NO8/c1-3-5-7-9-10-11-12-13-14-15-16-17-18-19-20-22-24-30(38)35-27(28(37)23-21-8-6-4-2)26-42-34-33(41)32(40)31(39)29(25-36)43-34/h21,23,27-29,31-34,36-37,39-41H,3-20,22,24-26H2,1-2H3,(H,35,38)/b23-21+. The van der Waals surface area contributed by atoms with Gasteiger partial charge in [-0.15, -0.1) is 0 Å². The molecule has 7 atom stereocenters. The summed E-state index contributed by atoms with van der Waals surface area (Å²) in [7, 11) is 0. The number of carbonyl (C=O) groups excluding carboxylic acids is 1. The van der Waals surface area contributed by atoms with E-state index in [9.17, 15) is 30.3 Å². The zero-order valence-corrected chi connectivity index (χ0v) is 27.2. The highest BCUT2D eigenvalue weighted by Crippen LogP contribution is 2.22. The first-order chi connectivity index (χ1) is 20.8. The molecule has 0 spiro atoms. The lowest BCUT2D eigenvalue weighted by molar-refractivity contribution is -0.302. The van der Waals surface area contributed by atoms with E-state index in [1.807, 2.05) is 6.08 Å². The van der Waals surface area contributed by atoms with E-state index in [2.05, 4.69) is 19.2 Å². The van der Waals surface area contributed by atoms with Crippen molar-refractivity contribution in [1.82, 2.24) is 5.32 Å². The van der Waals surface area contributed by atoms with Crippen LogP contribution < -0.4 is 5.32 Å². The highest BCUT2D eigenvalue weighted by molar-refractivity contribution is 5.76. The molecule has 0 aromatic rings. The zero-order valence-electron chi connectivity index (χ0n) is 27.2. The molecule has 1 fully saturated rings. The van der Waals surface area contributed by atoms with Gasteiger partial charge in [-0.25, -0.2) is 0 Å². The van der Waals surface area contributed by atoms with Gasteiger partial charge in [-0.3, -0.25) is 4.79 Å². The number of aliphatic hydroxyl groups is 5. The first-order valence-electron chi connectivity index (χ1n) is 17.4. The number of rotatable bonds is 27. The minimum atomic E-state index is -1.56. The number of hydrogen-bond donors (Lipinski definition) is 6. The van der Waals surface area contributed by atoms with Crippen molar-refractivity contribution in [2.24, 2.45) is 0 Å². The molecule has 254 valence electrons. The molecule has 1 aliphatic rings. The molecule has 1 amide bonds. The molecule has 9 nitrogen and oxygen atoms in total. The fraction of sp³-hybridized carbons (Fsp3) is 0.912. The molecule has 1 heterocycles. The molecule has 0 aromatic carbocycles. The lowest BCUT2D eigenvalue weighted by Crippen LogP contribution is -2.60. The van der Waals surface area contributed by atoms with Crippen molar-refractivity contribution in [3.63, 3.8) is 0 Å². The molecule has 0 bridgehead atoms. The zero-order chi connectivity index (χ0) is 31.7. The Bertz CT molecular complexity index is 691. The molecule has 6 N–H and O–H groups in total. The Hall–Kier alpha value is -1.07. The van der Waals surface area contributed by atoms with E-state index >= 15 is 0 Å². The molecule has 1 aliphatic heterocycles. The molecular formula is C34H65NO8. The molecule has 1 saturated heterocycles. The highest BCUT2D eigenvalue weighted by Gasteiger charge is 2.44. The second-order valence-corrected chi connectivity index (χ2v) is 12.3. The lowest BCUT2D eigenvalue weighted by atomic mass is 9.99. The maximum Gasteiger partial charge on any atom is 0.220 e. The van der Waals surface area contributed by atoms with E-state index in [-0.39, 0.29) is 12.5 Å². The summed E-state index contributed by atoms with van der Waals surface area (Å²) < 4.78 is 11.0. The quantitative estimate of drug-likeness (QED) is 0.0556. The van der Waals surface area contributed by atoms with Crippen LogP contribution in [0.2, 0.25) is 0 Å². The van der Waals surface area contributed by atoms with E-state index in [4.69, 9.17) is 9.47 Å². The maximum atomic E-state index is 12.7. The van der Waals surface area contributed by atoms with Crippen LogP contribution in [0.1, 0.15) is 142 Å². The van der Waals surface area contributed by atoms with Gasteiger partial charge < -0.3 is 40.3 Å². The minimum absolute atomic E-state index is 0.186. The van der Waals surface area contributed by atoms with Crippen molar-refractivity contribution in [3.8, 4) is 0 Å². The van der Waals surface area contributed by atoms with Crippen LogP contribution in [0.15, 0.2) is 12.2 Å². The molecule has 7 unspecified atom stereocenters. The van der Waals surface area contributed by atoms with Gasteiger partial charge in [-0.2, -0.15) is 0 Å². The number of amides is 1. The van der Waals surface area contributed by atoms with E-state index in [0.717, 1.165) is 38.5 Å². The molecular weight excluding hydrogens is 550 g/mol. The number of carbonyl (C=O) groups is 1. The van der Waals surface area contributed by atoms with Gasteiger partial charge in [0.15, 0.2) is 6.29 Å². The molecule has 0 saturated carbocycles. The van der Waals surface area contributed by atoms with E-state index in [0.29, 0.717) is 6.42 Å². The molecule has 43 heavy (non-hydrogen) atoms. The molecule has 9 heteroatoms. The smallest absolute Gasteiger partial charge is 0.220 e. The van der Waals surface area contributed by atoms with Crippen LogP contribution in [0.3, 0.4) is 0 Å². The number of allylic oxidation sites excluding steroid dienone is 1. The van der Waals surface area contributed by atoms with Crippen molar-refractivity contribution in [1.29, 1.82) is 0 Å². The summed E-state index contributed by atoms with van der Waals surface area (Å²) in [5, 5.41) is 53.3. The van der Waals surface area contributed by atoms with Crippen molar-refractivity contribution in [2.75, 3.05) is 13.2 Å². The Balaban J connectivity index is 2.30. The third kappa shape index (κ3) is 18.5. The number of nitrogens with one attached hydrogen (secondary N) is 1. The van der Waals surface area contributed by atoms with Crippen LogP contribution in [0.25, 0.3) is 0 Å². The fourth-order valence-electron chi connectivity index (χ4n) is 5.43. The van der Waals surface area contributed by atoms with Crippen molar-refractivity contribution in [2.45, 2.75) is 185 Å². The third-order valence-electron chi connectivity index (χ3n) is 8.36. The summed E-state index contributed by atoms with van der Waals surface area (Å²) >= 11 is 0. The van der Waals surface area contributed by atoms with Gasteiger partial charge in [0, 0.05) is 6.42 Å². The second kappa shape index (κ2) is 26.2. The van der Waals surface area contributed by atoms with E-state index in [1.54, 1.807) is 6.08 Å². The highest BCUT2D eigenvalue weighted by atomic mass is 16.7. The van der Waals surface area contributed by atoms with Crippen LogP contribution in [-0.4, -0.2) is 87.5 Å². The van der Waals surface area contributed by atoms with E-state index < -0.39 is 49.5 Å². The lowest BCUT2D eigenvalue weighted by Gasteiger charge is -2.40. The molecule has 0 aromatic heterocycles. The van der Waals surface area contributed by atoms with Gasteiger partial charge in [0.25, 0.3) is 0 Å². The van der Waals surface area contributed by atoms with Crippen LogP contribution in [0, 0.1) is 0 Å². The first-order valence-corrected chi connectivity index (χ1v) is 17.4. The molecule has 0 aliphatic carbocycles. The SMILES string of the molecule is CCCC/C=C/C(O)C(COC1OC(CO)C(O)C(O)C1O)NC(=O)CCCCCCCCCCCCCCCCCC. The topological polar surface area (TPSA) is 149 Å². The average molecular weight is 616 g/mol. The van der Waals surface area contributed by atoms with Crippen LogP contribution in [0.5, 0.6) is 0 Å². The van der Waals surface area contributed by atoms with Gasteiger partial charge in [0.1, 0.15) is 24.4 Å². The Morgan fingerprint density at radius 1 is 0.767 bits per heavy atom. The number of hydrogen-bond acceptors (Lipinski definition) is 8. The van der Waals surface area contributed by atoms with E-state index in [1.165, 1.54) is 83.5 Å². The monoisotopic (exact) mass is 615 g/mol. The molecule has 0 radical (unpaired) electrons. The maximum absolute atomic E-state index is 12.7. The summed E-state index contributed by atoms with van der Waals surface area (Å²) in [4.78, 5) is 12.7. The van der Waals surface area contributed by atoms with Gasteiger partial charge in [0.2, 0.25) is 5.91 Å².